The van der Waals surface area contributed by atoms with E-state index in [-0.39, 0.29) is 0 Å². The van der Waals surface area contributed by atoms with Crippen LogP contribution in [0, 0.1) is 6.92 Å². The molecule has 2 aromatic rings. The fraction of sp³-hybridized carbons (Fsp3) is 0.412. The van der Waals surface area contributed by atoms with Crippen molar-refractivity contribution in [1.82, 2.24) is 15.3 Å². The zero-order chi connectivity index (χ0) is 15.9. The highest BCUT2D eigenvalue weighted by molar-refractivity contribution is 5.38. The number of hydrogen-bond acceptors (Lipinski definition) is 5. The molecule has 118 valence electrons. The van der Waals surface area contributed by atoms with Crippen LogP contribution in [0.5, 0.6) is 0 Å². The lowest BCUT2D eigenvalue weighted by molar-refractivity contribution is 0.758. The molecule has 0 aromatic carbocycles. The molecule has 2 heterocycles. The number of nitrogens with zero attached hydrogens (tertiary/aromatic N) is 3. The second kappa shape index (κ2) is 7.75. The smallest absolute Gasteiger partial charge is 0.128 e. The molecular weight excluding hydrogens is 274 g/mol. The maximum Gasteiger partial charge on any atom is 0.128 e. The molecule has 0 saturated carbocycles. The summed E-state index contributed by atoms with van der Waals surface area (Å²) in [5.74, 6) is 1.59. The lowest BCUT2D eigenvalue weighted by atomic mass is 10.1. The van der Waals surface area contributed by atoms with E-state index in [9.17, 15) is 0 Å². The van der Waals surface area contributed by atoms with Gasteiger partial charge in [-0.1, -0.05) is 6.07 Å². The van der Waals surface area contributed by atoms with Gasteiger partial charge in [-0.3, -0.25) is 0 Å². The minimum Gasteiger partial charge on any atom is -0.384 e. The van der Waals surface area contributed by atoms with E-state index in [0.29, 0.717) is 5.82 Å². The molecule has 0 aliphatic rings. The second-order valence-corrected chi connectivity index (χ2v) is 5.57. The normalized spacial score (nSPS) is 10.7. The first kappa shape index (κ1) is 16.2. The van der Waals surface area contributed by atoms with Gasteiger partial charge in [-0.25, -0.2) is 9.97 Å². The van der Waals surface area contributed by atoms with Gasteiger partial charge in [-0.15, -0.1) is 0 Å². The van der Waals surface area contributed by atoms with E-state index in [0.717, 1.165) is 48.7 Å². The Labute approximate surface area is 132 Å². The highest BCUT2D eigenvalue weighted by Gasteiger charge is 2.05. The van der Waals surface area contributed by atoms with Crippen molar-refractivity contribution < 1.29 is 0 Å². The summed E-state index contributed by atoms with van der Waals surface area (Å²) < 4.78 is 0. The van der Waals surface area contributed by atoms with Crippen molar-refractivity contribution in [1.29, 1.82) is 0 Å². The van der Waals surface area contributed by atoms with Crippen molar-refractivity contribution >= 4 is 11.6 Å². The number of aryl methyl sites for hydroxylation is 3. The summed E-state index contributed by atoms with van der Waals surface area (Å²) in [6.07, 6.45) is 1.71. The highest BCUT2D eigenvalue weighted by Crippen LogP contribution is 2.12. The van der Waals surface area contributed by atoms with E-state index in [1.807, 2.05) is 26.1 Å². The molecule has 22 heavy (non-hydrogen) atoms. The molecule has 0 fully saturated rings. The fourth-order valence-electron chi connectivity index (χ4n) is 2.37. The van der Waals surface area contributed by atoms with Crippen LogP contribution in [0.15, 0.2) is 30.3 Å². The predicted molar refractivity (Wildman–Crippen MR) is 92.2 cm³/mol. The Kier molecular flexibility index (Phi) is 5.72. The highest BCUT2D eigenvalue weighted by atomic mass is 15.2. The van der Waals surface area contributed by atoms with Crippen LogP contribution in [-0.4, -0.2) is 37.2 Å². The van der Waals surface area contributed by atoms with Crippen LogP contribution in [0.1, 0.15) is 17.0 Å². The summed E-state index contributed by atoms with van der Waals surface area (Å²) in [6.45, 7) is 3.91. The molecule has 0 radical (unpaired) electrons. The Morgan fingerprint density at radius 1 is 1.14 bits per heavy atom. The van der Waals surface area contributed by atoms with Crippen molar-refractivity contribution in [2.45, 2.75) is 19.8 Å². The molecule has 2 aromatic heterocycles. The van der Waals surface area contributed by atoms with Crippen LogP contribution in [0.4, 0.5) is 11.6 Å². The molecule has 3 N–H and O–H groups in total. The maximum atomic E-state index is 5.80. The summed E-state index contributed by atoms with van der Waals surface area (Å²) in [5, 5.41) is 3.15. The Morgan fingerprint density at radius 2 is 1.91 bits per heavy atom. The number of nitrogens with one attached hydrogen (secondary N) is 1. The van der Waals surface area contributed by atoms with E-state index in [1.165, 1.54) is 0 Å². The van der Waals surface area contributed by atoms with E-state index in [2.05, 4.69) is 40.4 Å². The number of pyridine rings is 2. The molecule has 0 atom stereocenters. The molecule has 0 unspecified atom stereocenters. The van der Waals surface area contributed by atoms with Crippen LogP contribution < -0.4 is 16.0 Å². The molecule has 0 aliphatic heterocycles. The van der Waals surface area contributed by atoms with Gasteiger partial charge in [0.2, 0.25) is 0 Å². The maximum absolute atomic E-state index is 5.80. The molecule has 0 bridgehead atoms. The Hall–Kier alpha value is -2.14. The average molecular weight is 299 g/mol. The number of rotatable bonds is 7. The van der Waals surface area contributed by atoms with Gasteiger partial charge in [-0.2, -0.15) is 0 Å². The summed E-state index contributed by atoms with van der Waals surface area (Å²) in [4.78, 5) is 11.3. The van der Waals surface area contributed by atoms with Gasteiger partial charge in [0.15, 0.2) is 0 Å². The van der Waals surface area contributed by atoms with Crippen LogP contribution >= 0.6 is 0 Å². The largest absolute Gasteiger partial charge is 0.384 e. The van der Waals surface area contributed by atoms with Crippen LogP contribution in [0.3, 0.4) is 0 Å². The van der Waals surface area contributed by atoms with Gasteiger partial charge < -0.3 is 16.0 Å². The molecule has 0 spiro atoms. The molecule has 5 heteroatoms. The third-order valence-corrected chi connectivity index (χ3v) is 3.56. The molecule has 0 aliphatic carbocycles. The number of anilines is 2. The van der Waals surface area contributed by atoms with E-state index >= 15 is 0 Å². The van der Waals surface area contributed by atoms with Crippen LogP contribution in [0.25, 0.3) is 0 Å². The van der Waals surface area contributed by atoms with Crippen LogP contribution in [0.2, 0.25) is 0 Å². The van der Waals surface area contributed by atoms with Crippen molar-refractivity contribution in [3.63, 3.8) is 0 Å². The van der Waals surface area contributed by atoms with Crippen molar-refractivity contribution in [3.05, 3.63) is 47.3 Å². The van der Waals surface area contributed by atoms with E-state index in [1.54, 1.807) is 0 Å². The van der Waals surface area contributed by atoms with Crippen molar-refractivity contribution in [2.75, 3.05) is 37.8 Å². The monoisotopic (exact) mass is 299 g/mol. The number of nitrogens with two attached hydrogens (primary N) is 1. The Bertz CT molecular complexity index is 591. The van der Waals surface area contributed by atoms with E-state index < -0.39 is 0 Å². The fourth-order valence-corrected chi connectivity index (χ4v) is 2.37. The molecule has 2 rings (SSSR count). The lowest BCUT2D eigenvalue weighted by Gasteiger charge is -2.18. The standard InChI is InChI=1S/C17H25N5/c1-13-11-15(20-16(18)12-13)8-7-14-5-4-6-17(21-14)22(3)10-9-19-2/h4-6,11-12,19H,7-10H2,1-3H3,(H2,18,20). The third-order valence-electron chi connectivity index (χ3n) is 3.56. The molecule has 5 nitrogen and oxygen atoms in total. The predicted octanol–water partition coefficient (Wildman–Crippen LogP) is 1.81. The number of nitrogen functional groups attached to an aromatic ring is 1. The first-order valence-corrected chi connectivity index (χ1v) is 7.63. The zero-order valence-corrected chi connectivity index (χ0v) is 13.6. The van der Waals surface area contributed by atoms with E-state index in [4.69, 9.17) is 10.7 Å². The molecule has 0 saturated heterocycles. The summed E-state index contributed by atoms with van der Waals surface area (Å²) in [5.41, 5.74) is 9.05. The van der Waals surface area contributed by atoms with Gasteiger partial charge in [0.1, 0.15) is 11.6 Å². The minimum atomic E-state index is 0.587. The van der Waals surface area contributed by atoms with Gasteiger partial charge in [0.05, 0.1) is 0 Å². The first-order valence-electron chi connectivity index (χ1n) is 7.63. The topological polar surface area (TPSA) is 67.1 Å². The Balaban J connectivity index is 2.01. The summed E-state index contributed by atoms with van der Waals surface area (Å²) in [6, 6.07) is 10.1. The lowest BCUT2D eigenvalue weighted by Crippen LogP contribution is -2.27. The van der Waals surface area contributed by atoms with Crippen molar-refractivity contribution in [2.24, 2.45) is 0 Å². The number of aromatic nitrogens is 2. The van der Waals surface area contributed by atoms with Gasteiger partial charge >= 0.3 is 0 Å². The number of hydrogen-bond donors (Lipinski definition) is 2. The second-order valence-electron chi connectivity index (χ2n) is 5.57. The van der Waals surface area contributed by atoms with Gasteiger partial charge in [0.25, 0.3) is 0 Å². The van der Waals surface area contributed by atoms with Gasteiger partial charge in [-0.05, 0) is 56.6 Å². The number of likely N-dealkylation sites (N-methyl/N-ethyl adjacent to an activating group) is 2. The zero-order valence-electron chi connectivity index (χ0n) is 13.6. The summed E-state index contributed by atoms with van der Waals surface area (Å²) in [7, 11) is 4.02. The molecular formula is C17H25N5. The minimum absolute atomic E-state index is 0.587. The SMILES string of the molecule is CNCCN(C)c1cccc(CCc2cc(C)cc(N)n2)n1. The third kappa shape index (κ3) is 4.70. The quantitative estimate of drug-likeness (QED) is 0.816. The average Bonchev–Trinajstić information content (AvgIpc) is 2.50. The summed E-state index contributed by atoms with van der Waals surface area (Å²) >= 11 is 0. The molecule has 0 amide bonds. The first-order chi connectivity index (χ1) is 10.6. The van der Waals surface area contributed by atoms with Crippen LogP contribution in [-0.2, 0) is 12.8 Å². The van der Waals surface area contributed by atoms with Gasteiger partial charge in [0, 0.05) is 31.5 Å². The Morgan fingerprint density at radius 3 is 2.64 bits per heavy atom. The van der Waals surface area contributed by atoms with Crippen molar-refractivity contribution in [3.8, 4) is 0 Å².